The van der Waals surface area contributed by atoms with Crippen molar-refractivity contribution >= 4 is 27.6 Å². The molecule has 2 aromatic heterocycles. The van der Waals surface area contributed by atoms with Crippen molar-refractivity contribution in [1.82, 2.24) is 9.97 Å². The zero-order valence-electron chi connectivity index (χ0n) is 6.79. The van der Waals surface area contributed by atoms with Gasteiger partial charge in [0.25, 0.3) is 0 Å². The predicted octanol–water partition coefficient (Wildman–Crippen LogP) is 2.92. The Balaban J connectivity index is 2.15. The van der Waals surface area contributed by atoms with Crippen molar-refractivity contribution < 1.29 is 0 Å². The van der Waals surface area contributed by atoms with E-state index in [1.54, 1.807) is 6.20 Å². The summed E-state index contributed by atoms with van der Waals surface area (Å²) in [5.41, 5.74) is 0. The molecule has 0 radical (unpaired) electrons. The zero-order valence-corrected chi connectivity index (χ0v) is 8.38. The average Bonchev–Trinajstić information content (AvgIpc) is 2.62. The van der Waals surface area contributed by atoms with Crippen molar-refractivity contribution in [2.45, 2.75) is 0 Å². The molecular formula is C9H8BrN3. The molecule has 0 spiro atoms. The number of nitrogens with one attached hydrogen (secondary N) is 2. The molecule has 3 nitrogen and oxygen atoms in total. The predicted molar refractivity (Wildman–Crippen MR) is 56.0 cm³/mol. The number of aromatic nitrogens is 2. The molecule has 0 bridgehead atoms. The van der Waals surface area contributed by atoms with Crippen molar-refractivity contribution in [2.75, 3.05) is 5.32 Å². The zero-order chi connectivity index (χ0) is 9.10. The summed E-state index contributed by atoms with van der Waals surface area (Å²) in [7, 11) is 0. The van der Waals surface area contributed by atoms with Crippen LogP contribution in [0.4, 0.5) is 11.6 Å². The fourth-order valence-corrected chi connectivity index (χ4v) is 1.23. The normalized spacial score (nSPS) is 9.92. The van der Waals surface area contributed by atoms with Crippen molar-refractivity contribution in [3.8, 4) is 0 Å². The quantitative estimate of drug-likeness (QED) is 0.844. The molecule has 4 heteroatoms. The van der Waals surface area contributed by atoms with E-state index in [1.165, 1.54) is 0 Å². The SMILES string of the molecule is Brc1ccc(Nc2ccc[nH]2)nc1. The topological polar surface area (TPSA) is 40.7 Å². The second kappa shape index (κ2) is 3.62. The van der Waals surface area contributed by atoms with Gasteiger partial charge in [0.15, 0.2) is 0 Å². The minimum Gasteiger partial charge on any atom is -0.348 e. The van der Waals surface area contributed by atoms with Crippen molar-refractivity contribution in [2.24, 2.45) is 0 Å². The van der Waals surface area contributed by atoms with E-state index in [-0.39, 0.29) is 0 Å². The number of pyridine rings is 1. The lowest BCUT2D eigenvalue weighted by Crippen LogP contribution is -1.92. The van der Waals surface area contributed by atoms with Crippen LogP contribution in [0.15, 0.2) is 41.1 Å². The summed E-state index contributed by atoms with van der Waals surface area (Å²) in [6, 6.07) is 7.73. The Bertz CT molecular complexity index is 366. The van der Waals surface area contributed by atoms with Gasteiger partial charge in [-0.3, -0.25) is 0 Å². The van der Waals surface area contributed by atoms with E-state index < -0.39 is 0 Å². The van der Waals surface area contributed by atoms with Crippen LogP contribution in [-0.4, -0.2) is 9.97 Å². The first kappa shape index (κ1) is 8.31. The third kappa shape index (κ3) is 2.09. The van der Waals surface area contributed by atoms with E-state index in [0.29, 0.717) is 0 Å². The van der Waals surface area contributed by atoms with Crippen molar-refractivity contribution in [1.29, 1.82) is 0 Å². The van der Waals surface area contributed by atoms with Gasteiger partial charge in [-0.15, -0.1) is 0 Å². The highest BCUT2D eigenvalue weighted by Crippen LogP contribution is 2.14. The Morgan fingerprint density at radius 3 is 2.85 bits per heavy atom. The molecule has 2 heterocycles. The summed E-state index contributed by atoms with van der Waals surface area (Å²) < 4.78 is 0.976. The molecule has 0 saturated carbocycles. The van der Waals surface area contributed by atoms with Crippen LogP contribution in [0.2, 0.25) is 0 Å². The number of anilines is 2. The number of hydrogen-bond acceptors (Lipinski definition) is 2. The molecule has 0 aliphatic heterocycles. The Morgan fingerprint density at radius 2 is 2.23 bits per heavy atom. The molecule has 2 rings (SSSR count). The lowest BCUT2D eigenvalue weighted by atomic mass is 10.4. The first-order valence-electron chi connectivity index (χ1n) is 3.86. The minimum atomic E-state index is 0.825. The molecule has 0 fully saturated rings. The summed E-state index contributed by atoms with van der Waals surface area (Å²) >= 11 is 3.33. The highest BCUT2D eigenvalue weighted by atomic mass is 79.9. The van der Waals surface area contributed by atoms with E-state index in [1.807, 2.05) is 30.5 Å². The van der Waals surface area contributed by atoms with Gasteiger partial charge in [0.1, 0.15) is 11.6 Å². The minimum absolute atomic E-state index is 0.825. The number of H-pyrrole nitrogens is 1. The highest BCUT2D eigenvalue weighted by molar-refractivity contribution is 9.10. The third-order valence-electron chi connectivity index (χ3n) is 1.59. The van der Waals surface area contributed by atoms with Crippen LogP contribution < -0.4 is 5.32 Å². The van der Waals surface area contributed by atoms with Crippen LogP contribution in [0.3, 0.4) is 0 Å². The maximum absolute atomic E-state index is 4.18. The molecule has 0 aromatic carbocycles. The number of rotatable bonds is 2. The number of nitrogens with zero attached hydrogens (tertiary/aromatic N) is 1. The van der Waals surface area contributed by atoms with Crippen LogP contribution in [0.5, 0.6) is 0 Å². The van der Waals surface area contributed by atoms with Gasteiger partial charge in [0.05, 0.1) is 0 Å². The Morgan fingerprint density at radius 1 is 1.31 bits per heavy atom. The highest BCUT2D eigenvalue weighted by Gasteiger charge is 1.94. The van der Waals surface area contributed by atoms with Gasteiger partial charge >= 0.3 is 0 Å². The van der Waals surface area contributed by atoms with E-state index in [9.17, 15) is 0 Å². The van der Waals surface area contributed by atoms with Crippen LogP contribution in [0.1, 0.15) is 0 Å². The standard InChI is InChI=1S/C9H8BrN3/c10-7-3-4-9(12-6-7)13-8-2-1-5-11-8/h1-6,11H,(H,12,13). The van der Waals surface area contributed by atoms with Crippen LogP contribution in [0, 0.1) is 0 Å². The van der Waals surface area contributed by atoms with Gasteiger partial charge in [0, 0.05) is 16.9 Å². The lowest BCUT2D eigenvalue weighted by Gasteiger charge is -2.01. The fourth-order valence-electron chi connectivity index (χ4n) is 0.996. The van der Waals surface area contributed by atoms with Crippen molar-refractivity contribution in [3.05, 3.63) is 41.1 Å². The van der Waals surface area contributed by atoms with Crippen LogP contribution >= 0.6 is 15.9 Å². The molecule has 0 unspecified atom stereocenters. The summed E-state index contributed by atoms with van der Waals surface area (Å²) in [5.74, 6) is 1.76. The molecule has 0 amide bonds. The van der Waals surface area contributed by atoms with E-state index in [0.717, 1.165) is 16.1 Å². The number of hydrogen-bond donors (Lipinski definition) is 2. The Kier molecular flexibility index (Phi) is 2.31. The van der Waals surface area contributed by atoms with Gasteiger partial charge in [-0.2, -0.15) is 0 Å². The van der Waals surface area contributed by atoms with Crippen LogP contribution in [0.25, 0.3) is 0 Å². The van der Waals surface area contributed by atoms with Gasteiger partial charge in [-0.05, 0) is 40.2 Å². The van der Waals surface area contributed by atoms with E-state index in [2.05, 4.69) is 31.2 Å². The smallest absolute Gasteiger partial charge is 0.131 e. The van der Waals surface area contributed by atoms with Crippen LogP contribution in [-0.2, 0) is 0 Å². The first-order valence-corrected chi connectivity index (χ1v) is 4.66. The van der Waals surface area contributed by atoms with Gasteiger partial charge in [0.2, 0.25) is 0 Å². The van der Waals surface area contributed by atoms with Gasteiger partial charge < -0.3 is 10.3 Å². The van der Waals surface area contributed by atoms with Crippen molar-refractivity contribution in [3.63, 3.8) is 0 Å². The maximum atomic E-state index is 4.18. The Labute approximate surface area is 84.3 Å². The summed E-state index contributed by atoms with van der Waals surface area (Å²) in [5, 5.41) is 3.12. The molecular weight excluding hydrogens is 230 g/mol. The molecule has 13 heavy (non-hydrogen) atoms. The lowest BCUT2D eigenvalue weighted by molar-refractivity contribution is 1.27. The fraction of sp³-hybridized carbons (Fsp3) is 0. The third-order valence-corrected chi connectivity index (χ3v) is 2.06. The number of aromatic amines is 1. The van der Waals surface area contributed by atoms with Gasteiger partial charge in [-0.25, -0.2) is 4.98 Å². The summed E-state index contributed by atoms with van der Waals surface area (Å²) in [4.78, 5) is 7.21. The molecule has 0 atom stereocenters. The molecule has 2 aromatic rings. The average molecular weight is 238 g/mol. The molecule has 66 valence electrons. The molecule has 0 saturated heterocycles. The van der Waals surface area contributed by atoms with E-state index in [4.69, 9.17) is 0 Å². The second-order valence-electron chi connectivity index (χ2n) is 2.57. The molecule has 0 aliphatic carbocycles. The largest absolute Gasteiger partial charge is 0.348 e. The number of halogens is 1. The molecule has 0 aliphatic rings. The summed E-state index contributed by atoms with van der Waals surface area (Å²) in [6.07, 6.45) is 3.62. The maximum Gasteiger partial charge on any atom is 0.131 e. The first-order chi connectivity index (χ1) is 6.34. The summed E-state index contributed by atoms with van der Waals surface area (Å²) in [6.45, 7) is 0. The Hall–Kier alpha value is -1.29. The van der Waals surface area contributed by atoms with Gasteiger partial charge in [-0.1, -0.05) is 0 Å². The molecule has 2 N–H and O–H groups in total. The second-order valence-corrected chi connectivity index (χ2v) is 3.49. The van der Waals surface area contributed by atoms with E-state index >= 15 is 0 Å². The monoisotopic (exact) mass is 237 g/mol.